The molecule has 0 N–H and O–H groups in total. The molecule has 3 aromatic rings. The van der Waals surface area contributed by atoms with E-state index in [9.17, 15) is 4.39 Å². The third-order valence-corrected chi connectivity index (χ3v) is 4.51. The Balaban J connectivity index is 2.41. The molecule has 0 fully saturated rings. The highest BCUT2D eigenvalue weighted by molar-refractivity contribution is 9.10. The Morgan fingerprint density at radius 1 is 1.19 bits per heavy atom. The molecule has 2 aromatic carbocycles. The lowest BCUT2D eigenvalue weighted by molar-refractivity contribution is 0.626. The van der Waals surface area contributed by atoms with Gasteiger partial charge in [0.2, 0.25) is 0 Å². The first kappa shape index (κ1) is 15.0. The first-order valence-corrected chi connectivity index (χ1v) is 8.27. The van der Waals surface area contributed by atoms with E-state index in [0.29, 0.717) is 11.5 Å². The summed E-state index contributed by atoms with van der Waals surface area (Å²) < 4.78 is 17.2. The van der Waals surface area contributed by atoms with Crippen LogP contribution in [0.15, 0.2) is 45.3 Å². The fourth-order valence-corrected chi connectivity index (χ4v) is 3.16. The van der Waals surface area contributed by atoms with Crippen molar-refractivity contribution in [1.29, 1.82) is 0 Å². The van der Waals surface area contributed by atoms with Crippen molar-refractivity contribution in [1.82, 2.24) is 9.55 Å². The van der Waals surface area contributed by atoms with Crippen molar-refractivity contribution in [2.45, 2.75) is 12.3 Å². The van der Waals surface area contributed by atoms with E-state index in [4.69, 9.17) is 11.6 Å². The minimum atomic E-state index is -0.307. The van der Waals surface area contributed by atoms with Crippen molar-refractivity contribution >= 4 is 54.5 Å². The van der Waals surface area contributed by atoms with Gasteiger partial charge in [-0.2, -0.15) is 0 Å². The fourth-order valence-electron chi connectivity index (χ4n) is 2.24. The van der Waals surface area contributed by atoms with Gasteiger partial charge < -0.3 is 0 Å². The maximum Gasteiger partial charge on any atom is 0.132 e. The number of hydrogen-bond donors (Lipinski definition) is 0. The molecule has 3 rings (SSSR count). The molecule has 0 saturated heterocycles. The number of alkyl halides is 1. The summed E-state index contributed by atoms with van der Waals surface area (Å²) in [5.41, 5.74) is 2.37. The maximum atomic E-state index is 13.7. The molecule has 0 spiro atoms. The van der Waals surface area contributed by atoms with Gasteiger partial charge in [0.05, 0.1) is 22.1 Å². The number of rotatable bonds is 2. The first-order chi connectivity index (χ1) is 9.97. The van der Waals surface area contributed by atoms with Crippen molar-refractivity contribution < 1.29 is 4.39 Å². The summed E-state index contributed by atoms with van der Waals surface area (Å²) >= 11 is 13.2. The van der Waals surface area contributed by atoms with Crippen LogP contribution in [0.1, 0.15) is 18.1 Å². The van der Waals surface area contributed by atoms with Gasteiger partial charge in [0.15, 0.2) is 0 Å². The number of benzene rings is 2. The Kier molecular flexibility index (Phi) is 4.08. The minimum Gasteiger partial charge on any atom is -0.294 e. The fraction of sp³-hybridized carbons (Fsp3) is 0.133. The Morgan fingerprint density at radius 3 is 2.67 bits per heavy atom. The zero-order valence-electron chi connectivity index (χ0n) is 10.9. The monoisotopic (exact) mass is 430 g/mol. The van der Waals surface area contributed by atoms with Gasteiger partial charge in [-0.15, -0.1) is 11.6 Å². The second kappa shape index (κ2) is 5.71. The number of fused-ring (bicyclic) bond motifs is 1. The van der Waals surface area contributed by atoms with E-state index in [1.807, 2.05) is 29.7 Å². The summed E-state index contributed by atoms with van der Waals surface area (Å²) in [4.78, 5) is 4.57. The number of halogens is 4. The molecule has 0 bridgehead atoms. The third-order valence-electron chi connectivity index (χ3n) is 3.15. The van der Waals surface area contributed by atoms with Crippen molar-refractivity contribution in [3.8, 4) is 5.69 Å². The molecule has 1 heterocycles. The minimum absolute atomic E-state index is 0.300. The molecule has 1 atom stereocenters. The highest BCUT2D eigenvalue weighted by Crippen LogP contribution is 2.33. The van der Waals surface area contributed by atoms with Crippen molar-refractivity contribution in [2.24, 2.45) is 0 Å². The second-order valence-electron chi connectivity index (χ2n) is 4.65. The predicted octanol–water partition coefficient (Wildman–Crippen LogP) is 5.99. The van der Waals surface area contributed by atoms with E-state index in [2.05, 4.69) is 36.8 Å². The van der Waals surface area contributed by atoms with E-state index in [1.165, 1.54) is 12.1 Å². The van der Waals surface area contributed by atoms with Gasteiger partial charge in [0.25, 0.3) is 0 Å². The Labute approximate surface area is 143 Å². The van der Waals surface area contributed by atoms with Crippen LogP contribution in [-0.4, -0.2) is 9.55 Å². The van der Waals surface area contributed by atoms with Crippen LogP contribution in [-0.2, 0) is 0 Å². The molecule has 1 unspecified atom stereocenters. The van der Waals surface area contributed by atoms with E-state index >= 15 is 0 Å². The Hall–Kier alpha value is -0.910. The van der Waals surface area contributed by atoms with Gasteiger partial charge >= 0.3 is 0 Å². The lowest BCUT2D eigenvalue weighted by Gasteiger charge is -2.12. The first-order valence-electron chi connectivity index (χ1n) is 6.25. The number of nitrogens with zero attached hydrogens (tertiary/aromatic N) is 2. The van der Waals surface area contributed by atoms with E-state index in [1.54, 1.807) is 6.07 Å². The molecule has 21 heavy (non-hydrogen) atoms. The Morgan fingerprint density at radius 2 is 1.95 bits per heavy atom. The lowest BCUT2D eigenvalue weighted by Crippen LogP contribution is -2.03. The molecule has 6 heteroatoms. The number of hydrogen-bond acceptors (Lipinski definition) is 1. The van der Waals surface area contributed by atoms with Gasteiger partial charge in [-0.1, -0.05) is 15.9 Å². The van der Waals surface area contributed by atoms with Gasteiger partial charge in [0.1, 0.15) is 11.6 Å². The maximum absolute atomic E-state index is 13.7. The highest BCUT2D eigenvalue weighted by atomic mass is 79.9. The van der Waals surface area contributed by atoms with Crippen LogP contribution in [0.4, 0.5) is 4.39 Å². The Bertz CT molecular complexity index is 830. The number of imidazole rings is 1. The topological polar surface area (TPSA) is 17.8 Å². The predicted molar refractivity (Wildman–Crippen MR) is 90.7 cm³/mol. The van der Waals surface area contributed by atoms with Gasteiger partial charge in [-0.25, -0.2) is 9.37 Å². The van der Waals surface area contributed by atoms with Crippen LogP contribution >= 0.6 is 43.5 Å². The SMILES string of the molecule is CC(Cl)c1nc2ccc(Br)cc2n1-c1cc(F)ccc1Br. The smallest absolute Gasteiger partial charge is 0.132 e. The van der Waals surface area contributed by atoms with Crippen LogP contribution in [0, 0.1) is 5.82 Å². The molecule has 0 radical (unpaired) electrons. The summed E-state index contributed by atoms with van der Waals surface area (Å²) in [7, 11) is 0. The van der Waals surface area contributed by atoms with Crippen LogP contribution in [0.5, 0.6) is 0 Å². The van der Waals surface area contributed by atoms with Crippen LogP contribution in [0.25, 0.3) is 16.7 Å². The van der Waals surface area contributed by atoms with Gasteiger partial charge in [0, 0.05) is 8.95 Å². The van der Waals surface area contributed by atoms with Crippen LogP contribution < -0.4 is 0 Å². The number of aromatic nitrogens is 2. The average Bonchev–Trinajstić information content (AvgIpc) is 2.80. The normalized spacial score (nSPS) is 12.8. The van der Waals surface area contributed by atoms with Crippen molar-refractivity contribution in [2.75, 3.05) is 0 Å². The average molecular weight is 433 g/mol. The quantitative estimate of drug-likeness (QED) is 0.455. The second-order valence-corrected chi connectivity index (χ2v) is 7.07. The molecule has 0 aliphatic carbocycles. The molecular weight excluding hydrogens is 422 g/mol. The van der Waals surface area contributed by atoms with E-state index < -0.39 is 0 Å². The summed E-state index contributed by atoms with van der Waals surface area (Å²) in [5.74, 6) is 0.370. The van der Waals surface area contributed by atoms with Crippen molar-refractivity contribution in [3.63, 3.8) is 0 Å². The molecule has 0 aliphatic rings. The van der Waals surface area contributed by atoms with E-state index in [-0.39, 0.29) is 11.2 Å². The molecule has 1 aromatic heterocycles. The third kappa shape index (κ3) is 2.74. The summed E-state index contributed by atoms with van der Waals surface area (Å²) in [6, 6.07) is 10.3. The molecule has 0 aliphatic heterocycles. The standard InChI is InChI=1S/C15H10Br2ClFN2/c1-8(18)15-20-12-5-2-9(16)6-14(12)21(15)13-7-10(19)3-4-11(13)17/h2-8H,1H3. The zero-order chi connectivity index (χ0) is 15.1. The van der Waals surface area contributed by atoms with Gasteiger partial charge in [-0.3, -0.25) is 4.57 Å². The molecule has 108 valence electrons. The lowest BCUT2D eigenvalue weighted by atomic mass is 10.2. The molecule has 0 amide bonds. The molecular formula is C15H10Br2ClFN2. The summed E-state index contributed by atoms with van der Waals surface area (Å²) in [5, 5.41) is -0.300. The molecule has 2 nitrogen and oxygen atoms in total. The zero-order valence-corrected chi connectivity index (χ0v) is 14.9. The molecule has 0 saturated carbocycles. The van der Waals surface area contributed by atoms with Crippen LogP contribution in [0.3, 0.4) is 0 Å². The summed E-state index contributed by atoms with van der Waals surface area (Å²) in [6.07, 6.45) is 0. The van der Waals surface area contributed by atoms with Crippen molar-refractivity contribution in [3.05, 3.63) is 57.0 Å². The van der Waals surface area contributed by atoms with E-state index in [0.717, 1.165) is 20.0 Å². The van der Waals surface area contributed by atoms with Gasteiger partial charge in [-0.05, 0) is 59.3 Å². The summed E-state index contributed by atoms with van der Waals surface area (Å²) in [6.45, 7) is 1.85. The highest BCUT2D eigenvalue weighted by Gasteiger charge is 2.18. The largest absolute Gasteiger partial charge is 0.294 e. The van der Waals surface area contributed by atoms with Crippen LogP contribution in [0.2, 0.25) is 0 Å².